The molecule has 0 fully saturated rings. The molecule has 4 heteroatoms. The zero-order chi connectivity index (χ0) is 13.2. The third-order valence-corrected chi connectivity index (χ3v) is 3.40. The van der Waals surface area contributed by atoms with Crippen LogP contribution in [0.2, 0.25) is 0 Å². The third kappa shape index (κ3) is 2.11. The van der Waals surface area contributed by atoms with Crippen molar-refractivity contribution in [2.45, 2.75) is 13.1 Å². The molecule has 0 radical (unpaired) electrons. The number of rotatable bonds is 2. The Morgan fingerprint density at radius 2 is 1.95 bits per heavy atom. The van der Waals surface area contributed by atoms with E-state index >= 15 is 0 Å². The van der Waals surface area contributed by atoms with Crippen LogP contribution in [0, 0.1) is 6.92 Å². The van der Waals surface area contributed by atoms with E-state index in [1.165, 1.54) is 11.1 Å². The maximum absolute atomic E-state index is 4.20. The average molecular weight is 252 g/mol. The van der Waals surface area contributed by atoms with Crippen LogP contribution < -0.4 is 10.6 Å². The average Bonchev–Trinajstić information content (AvgIpc) is 2.46. The molecule has 0 amide bonds. The molecule has 2 aromatic rings. The van der Waals surface area contributed by atoms with Crippen LogP contribution in [0.4, 0.5) is 0 Å². The normalized spacial score (nSPS) is 17.4. The monoisotopic (exact) mass is 252 g/mol. The van der Waals surface area contributed by atoms with Crippen LogP contribution in [-0.4, -0.2) is 17.0 Å². The highest BCUT2D eigenvalue weighted by atomic mass is 15.1. The second-order valence-electron chi connectivity index (χ2n) is 4.62. The number of hydrogen-bond donors (Lipinski definition) is 2. The van der Waals surface area contributed by atoms with Crippen molar-refractivity contribution >= 4 is 11.8 Å². The van der Waals surface area contributed by atoms with Crippen molar-refractivity contribution in [3.63, 3.8) is 0 Å². The quantitative estimate of drug-likeness (QED) is 0.859. The molecule has 19 heavy (non-hydrogen) atoms. The number of hydrogen-bond acceptors (Lipinski definition) is 4. The van der Waals surface area contributed by atoms with Gasteiger partial charge in [-0.1, -0.05) is 0 Å². The highest BCUT2D eigenvalue weighted by molar-refractivity contribution is 5.84. The van der Waals surface area contributed by atoms with Crippen LogP contribution in [0.3, 0.4) is 0 Å². The Bertz CT molecular complexity index is 634. The maximum Gasteiger partial charge on any atom is 0.104 e. The van der Waals surface area contributed by atoms with E-state index in [4.69, 9.17) is 0 Å². The van der Waals surface area contributed by atoms with Gasteiger partial charge < -0.3 is 5.32 Å². The molecule has 0 aliphatic carbocycles. The Kier molecular flexibility index (Phi) is 3.01. The minimum Gasteiger partial charge on any atom is -0.365 e. The second-order valence-corrected chi connectivity index (χ2v) is 4.62. The summed E-state index contributed by atoms with van der Waals surface area (Å²) in [6, 6.07) is 4.07. The van der Waals surface area contributed by atoms with Crippen molar-refractivity contribution in [3.05, 3.63) is 59.2 Å². The van der Waals surface area contributed by atoms with Crippen LogP contribution in [0.5, 0.6) is 0 Å². The first-order valence-corrected chi connectivity index (χ1v) is 6.30. The number of aromatic nitrogens is 2. The summed E-state index contributed by atoms with van der Waals surface area (Å²) in [5, 5.41) is 6.79. The summed E-state index contributed by atoms with van der Waals surface area (Å²) < 4.78 is 0. The van der Waals surface area contributed by atoms with Crippen molar-refractivity contribution in [3.8, 4) is 0 Å². The predicted molar refractivity (Wildman–Crippen MR) is 76.0 cm³/mol. The van der Waals surface area contributed by atoms with E-state index in [9.17, 15) is 0 Å². The van der Waals surface area contributed by atoms with Gasteiger partial charge in [0.25, 0.3) is 0 Å². The fourth-order valence-corrected chi connectivity index (χ4v) is 2.39. The third-order valence-electron chi connectivity index (χ3n) is 3.40. The molecule has 1 aliphatic heterocycles. The van der Waals surface area contributed by atoms with Gasteiger partial charge in [-0.25, -0.2) is 0 Å². The molecule has 1 unspecified atom stereocenters. The standard InChI is InChI=1S/C15H16N4/c1-10-8-17-5-3-12(10)14-7-11-9-18-6-4-13(11)15(16-2)19-14/h3-9,15-16,19H,1-2H3. The number of nitrogens with zero attached hydrogens (tertiary/aromatic N) is 2. The molecule has 0 saturated heterocycles. The molecular formula is C15H16N4. The van der Waals surface area contributed by atoms with Gasteiger partial charge in [-0.05, 0) is 43.3 Å². The molecule has 2 aromatic heterocycles. The van der Waals surface area contributed by atoms with Gasteiger partial charge in [0.2, 0.25) is 0 Å². The fraction of sp³-hybridized carbons (Fsp3) is 0.200. The first kappa shape index (κ1) is 11.9. The van der Waals surface area contributed by atoms with E-state index in [0.29, 0.717) is 0 Å². The molecule has 0 aromatic carbocycles. The Labute approximate surface area is 112 Å². The Hall–Kier alpha value is -2.20. The lowest BCUT2D eigenvalue weighted by molar-refractivity contribution is 0.545. The van der Waals surface area contributed by atoms with Gasteiger partial charge in [-0.3, -0.25) is 15.3 Å². The van der Waals surface area contributed by atoms with Crippen LogP contribution in [0.25, 0.3) is 11.8 Å². The molecule has 0 spiro atoms. The highest BCUT2D eigenvalue weighted by Crippen LogP contribution is 2.28. The van der Waals surface area contributed by atoms with Gasteiger partial charge in [0.1, 0.15) is 6.17 Å². The lowest BCUT2D eigenvalue weighted by Crippen LogP contribution is -2.33. The number of aryl methyl sites for hydroxylation is 1. The summed E-state index contributed by atoms with van der Waals surface area (Å²) in [6.45, 7) is 2.07. The van der Waals surface area contributed by atoms with Crippen molar-refractivity contribution in [2.24, 2.45) is 0 Å². The molecule has 3 rings (SSSR count). The molecule has 2 N–H and O–H groups in total. The van der Waals surface area contributed by atoms with E-state index < -0.39 is 0 Å². The van der Waals surface area contributed by atoms with Gasteiger partial charge in [-0.2, -0.15) is 0 Å². The van der Waals surface area contributed by atoms with E-state index in [0.717, 1.165) is 16.8 Å². The Balaban J connectivity index is 2.10. The summed E-state index contributed by atoms with van der Waals surface area (Å²) in [7, 11) is 1.95. The molecule has 96 valence electrons. The van der Waals surface area contributed by atoms with E-state index in [-0.39, 0.29) is 6.17 Å². The molecule has 0 bridgehead atoms. The lowest BCUT2D eigenvalue weighted by Gasteiger charge is -2.28. The van der Waals surface area contributed by atoms with Gasteiger partial charge in [0.05, 0.1) is 0 Å². The van der Waals surface area contributed by atoms with Crippen molar-refractivity contribution in [1.82, 2.24) is 20.6 Å². The van der Waals surface area contributed by atoms with Crippen LogP contribution in [-0.2, 0) is 0 Å². The van der Waals surface area contributed by atoms with Crippen LogP contribution >= 0.6 is 0 Å². The molecule has 1 aliphatic rings. The smallest absolute Gasteiger partial charge is 0.104 e. The summed E-state index contributed by atoms with van der Waals surface area (Å²) in [5.74, 6) is 0. The topological polar surface area (TPSA) is 49.8 Å². The summed E-state index contributed by atoms with van der Waals surface area (Å²) in [4.78, 5) is 8.35. The van der Waals surface area contributed by atoms with Crippen molar-refractivity contribution < 1.29 is 0 Å². The van der Waals surface area contributed by atoms with E-state index in [1.807, 2.05) is 44.0 Å². The molecular weight excluding hydrogens is 236 g/mol. The minimum atomic E-state index is 0.102. The predicted octanol–water partition coefficient (Wildman–Crippen LogP) is 2.10. The first-order valence-electron chi connectivity index (χ1n) is 6.30. The SMILES string of the molecule is CNC1NC(c2ccncc2C)=Cc2cnccc21. The zero-order valence-corrected chi connectivity index (χ0v) is 11.0. The zero-order valence-electron chi connectivity index (χ0n) is 11.0. The summed E-state index contributed by atoms with van der Waals surface area (Å²) >= 11 is 0. The summed E-state index contributed by atoms with van der Waals surface area (Å²) in [6.07, 6.45) is 9.66. The second kappa shape index (κ2) is 4.82. The van der Waals surface area contributed by atoms with Crippen LogP contribution in [0.1, 0.15) is 28.4 Å². The maximum atomic E-state index is 4.20. The molecule has 4 nitrogen and oxygen atoms in total. The minimum absolute atomic E-state index is 0.102. The number of fused-ring (bicyclic) bond motifs is 1. The number of nitrogens with one attached hydrogen (secondary N) is 2. The Morgan fingerprint density at radius 1 is 1.16 bits per heavy atom. The van der Waals surface area contributed by atoms with E-state index in [2.05, 4.69) is 33.6 Å². The molecule has 1 atom stereocenters. The molecule has 0 saturated carbocycles. The van der Waals surface area contributed by atoms with Gasteiger partial charge >= 0.3 is 0 Å². The van der Waals surface area contributed by atoms with Gasteiger partial charge in [-0.15, -0.1) is 0 Å². The fourth-order valence-electron chi connectivity index (χ4n) is 2.39. The Morgan fingerprint density at radius 3 is 2.74 bits per heavy atom. The largest absolute Gasteiger partial charge is 0.365 e. The summed E-state index contributed by atoms with van der Waals surface area (Å²) in [5.41, 5.74) is 5.78. The van der Waals surface area contributed by atoms with Crippen molar-refractivity contribution in [2.75, 3.05) is 7.05 Å². The van der Waals surface area contributed by atoms with Gasteiger partial charge in [0.15, 0.2) is 0 Å². The van der Waals surface area contributed by atoms with Crippen LogP contribution in [0.15, 0.2) is 36.9 Å². The number of pyridine rings is 2. The molecule has 3 heterocycles. The van der Waals surface area contributed by atoms with Gasteiger partial charge in [0, 0.05) is 41.6 Å². The highest BCUT2D eigenvalue weighted by Gasteiger charge is 2.20. The van der Waals surface area contributed by atoms with E-state index in [1.54, 1.807) is 0 Å². The lowest BCUT2D eigenvalue weighted by atomic mass is 9.98. The van der Waals surface area contributed by atoms with Crippen molar-refractivity contribution in [1.29, 1.82) is 0 Å². The first-order chi connectivity index (χ1) is 9.29.